The number of esters is 1. The first kappa shape index (κ1) is 17.5. The van der Waals surface area contributed by atoms with Crippen LogP contribution in [0.3, 0.4) is 0 Å². The summed E-state index contributed by atoms with van der Waals surface area (Å²) in [6, 6.07) is 4.89. The predicted octanol–water partition coefficient (Wildman–Crippen LogP) is 3.38. The predicted molar refractivity (Wildman–Crippen MR) is 88.8 cm³/mol. The number of benzene rings is 1. The van der Waals surface area contributed by atoms with Crippen molar-refractivity contribution in [3.63, 3.8) is 0 Å². The molecule has 1 rings (SSSR count). The monoisotopic (exact) mass is 302 g/mol. The summed E-state index contributed by atoms with van der Waals surface area (Å²) in [5.41, 5.74) is 7.96. The van der Waals surface area contributed by atoms with Gasteiger partial charge in [-0.25, -0.2) is 9.79 Å². The lowest BCUT2D eigenvalue weighted by Crippen LogP contribution is -2.11. The third-order valence-electron chi connectivity index (χ3n) is 2.90. The van der Waals surface area contributed by atoms with Crippen LogP contribution < -0.4 is 10.5 Å². The van der Waals surface area contributed by atoms with Crippen LogP contribution in [0.4, 0.5) is 5.69 Å². The second-order valence-corrected chi connectivity index (χ2v) is 4.70. The quantitative estimate of drug-likeness (QED) is 0.378. The highest BCUT2D eigenvalue weighted by Gasteiger charge is 2.10. The van der Waals surface area contributed by atoms with Crippen LogP contribution in [0.25, 0.3) is 0 Å². The molecule has 1 aromatic carbocycles. The molecule has 0 atom stereocenters. The standard InChI is InChI=1S/C17H22N2O3/c1-5-6-7-12(2)10-16(18)19-14-11-13(17(20)22-4)8-9-15(14)21-3/h5-9,11H,10H2,1-4H3,(H2,18,19)/b6-5-,12-7+. The van der Waals surface area contributed by atoms with E-state index in [2.05, 4.69) is 4.99 Å². The number of carbonyl (C=O) groups is 1. The van der Waals surface area contributed by atoms with Gasteiger partial charge in [-0.2, -0.15) is 0 Å². The fourth-order valence-electron chi connectivity index (χ4n) is 1.82. The Labute approximate surface area is 131 Å². The van der Waals surface area contributed by atoms with Crippen molar-refractivity contribution in [1.29, 1.82) is 0 Å². The molecule has 0 spiro atoms. The summed E-state index contributed by atoms with van der Waals surface area (Å²) in [7, 11) is 2.87. The molecule has 5 heteroatoms. The van der Waals surface area contributed by atoms with Gasteiger partial charge in [0.1, 0.15) is 17.3 Å². The number of aliphatic imine (C=N–C) groups is 1. The van der Waals surface area contributed by atoms with Crippen LogP contribution in [0.2, 0.25) is 0 Å². The molecule has 1 aromatic rings. The Hall–Kier alpha value is -2.56. The zero-order chi connectivity index (χ0) is 16.5. The molecule has 0 unspecified atom stereocenters. The summed E-state index contributed by atoms with van der Waals surface area (Å²) in [5, 5.41) is 0. The Kier molecular flexibility index (Phi) is 6.89. The van der Waals surface area contributed by atoms with Crippen LogP contribution >= 0.6 is 0 Å². The van der Waals surface area contributed by atoms with E-state index < -0.39 is 5.97 Å². The number of hydrogen-bond acceptors (Lipinski definition) is 4. The highest BCUT2D eigenvalue weighted by atomic mass is 16.5. The number of hydrogen-bond donors (Lipinski definition) is 1. The van der Waals surface area contributed by atoms with Gasteiger partial charge in [0.15, 0.2) is 0 Å². The number of nitrogens with zero attached hydrogens (tertiary/aromatic N) is 1. The van der Waals surface area contributed by atoms with Gasteiger partial charge >= 0.3 is 5.97 Å². The molecule has 0 amide bonds. The van der Waals surface area contributed by atoms with Gasteiger partial charge in [-0.15, -0.1) is 0 Å². The SMILES string of the molecule is C/C=C\C=C(/C)CC(N)=Nc1cc(C(=O)OC)ccc1OC. The van der Waals surface area contributed by atoms with Crippen molar-refractivity contribution in [1.82, 2.24) is 0 Å². The van der Waals surface area contributed by atoms with Gasteiger partial charge in [-0.3, -0.25) is 0 Å². The van der Waals surface area contributed by atoms with E-state index in [1.54, 1.807) is 25.3 Å². The second-order valence-electron chi connectivity index (χ2n) is 4.70. The molecule has 118 valence electrons. The van der Waals surface area contributed by atoms with Gasteiger partial charge in [0.25, 0.3) is 0 Å². The second kappa shape index (κ2) is 8.67. The normalized spacial score (nSPS) is 12.5. The molecular formula is C17H22N2O3. The van der Waals surface area contributed by atoms with Crippen LogP contribution in [0, 0.1) is 0 Å². The highest BCUT2D eigenvalue weighted by Crippen LogP contribution is 2.29. The fourth-order valence-corrected chi connectivity index (χ4v) is 1.82. The molecule has 0 saturated carbocycles. The molecule has 22 heavy (non-hydrogen) atoms. The summed E-state index contributed by atoms with van der Waals surface area (Å²) < 4.78 is 9.95. The number of rotatable bonds is 6. The number of ether oxygens (including phenoxy) is 2. The minimum absolute atomic E-state index is 0.399. The van der Waals surface area contributed by atoms with Crippen LogP contribution in [-0.2, 0) is 4.74 Å². The first-order valence-corrected chi connectivity index (χ1v) is 6.89. The van der Waals surface area contributed by atoms with E-state index in [1.807, 2.05) is 32.1 Å². The molecule has 0 bridgehead atoms. The zero-order valence-electron chi connectivity index (χ0n) is 13.4. The smallest absolute Gasteiger partial charge is 0.337 e. The molecular weight excluding hydrogens is 280 g/mol. The van der Waals surface area contributed by atoms with E-state index >= 15 is 0 Å². The zero-order valence-corrected chi connectivity index (χ0v) is 13.4. The van der Waals surface area contributed by atoms with E-state index in [4.69, 9.17) is 15.2 Å². The van der Waals surface area contributed by atoms with Gasteiger partial charge in [0, 0.05) is 6.42 Å². The average molecular weight is 302 g/mol. The van der Waals surface area contributed by atoms with Crippen molar-refractivity contribution in [2.45, 2.75) is 20.3 Å². The number of carbonyl (C=O) groups excluding carboxylic acids is 1. The summed E-state index contributed by atoms with van der Waals surface area (Å²) in [4.78, 5) is 15.9. The first-order chi connectivity index (χ1) is 10.5. The van der Waals surface area contributed by atoms with Gasteiger partial charge in [-0.05, 0) is 32.0 Å². The maximum absolute atomic E-state index is 11.6. The Balaban J connectivity index is 3.07. The third kappa shape index (κ3) is 5.09. The highest BCUT2D eigenvalue weighted by molar-refractivity contribution is 5.92. The number of nitrogens with two attached hydrogens (primary N) is 1. The van der Waals surface area contributed by atoms with E-state index in [9.17, 15) is 4.79 Å². The number of methoxy groups -OCH3 is 2. The van der Waals surface area contributed by atoms with Gasteiger partial charge < -0.3 is 15.2 Å². The van der Waals surface area contributed by atoms with Crippen LogP contribution in [-0.4, -0.2) is 26.0 Å². The van der Waals surface area contributed by atoms with E-state index in [1.165, 1.54) is 7.11 Å². The Morgan fingerprint density at radius 3 is 2.68 bits per heavy atom. The Morgan fingerprint density at radius 2 is 2.09 bits per heavy atom. The lowest BCUT2D eigenvalue weighted by molar-refractivity contribution is 0.0600. The van der Waals surface area contributed by atoms with Crippen LogP contribution in [0.15, 0.2) is 47.0 Å². The minimum Gasteiger partial charge on any atom is -0.494 e. The molecule has 5 nitrogen and oxygen atoms in total. The van der Waals surface area contributed by atoms with Crippen molar-refractivity contribution in [3.05, 3.63) is 47.6 Å². The molecule has 0 aliphatic rings. The number of amidine groups is 1. The third-order valence-corrected chi connectivity index (χ3v) is 2.90. The van der Waals surface area contributed by atoms with E-state index in [0.29, 0.717) is 29.3 Å². The van der Waals surface area contributed by atoms with Gasteiger partial charge in [0.05, 0.1) is 19.8 Å². The van der Waals surface area contributed by atoms with E-state index in [0.717, 1.165) is 5.57 Å². The Morgan fingerprint density at radius 1 is 1.36 bits per heavy atom. The average Bonchev–Trinajstić information content (AvgIpc) is 2.51. The van der Waals surface area contributed by atoms with Crippen molar-refractivity contribution in [2.75, 3.05) is 14.2 Å². The molecule has 0 fully saturated rings. The summed E-state index contributed by atoms with van der Waals surface area (Å²) in [6.07, 6.45) is 6.40. The van der Waals surface area contributed by atoms with Crippen molar-refractivity contribution in [2.24, 2.45) is 10.7 Å². The lowest BCUT2D eigenvalue weighted by Gasteiger charge is -2.08. The minimum atomic E-state index is -0.429. The van der Waals surface area contributed by atoms with E-state index in [-0.39, 0.29) is 0 Å². The number of allylic oxidation sites excluding steroid dienone is 3. The van der Waals surface area contributed by atoms with Gasteiger partial charge in [0.2, 0.25) is 0 Å². The van der Waals surface area contributed by atoms with Gasteiger partial charge in [-0.1, -0.05) is 23.8 Å². The Bertz CT molecular complexity index is 616. The molecule has 0 saturated heterocycles. The maximum Gasteiger partial charge on any atom is 0.337 e. The summed E-state index contributed by atoms with van der Waals surface area (Å²) in [6.45, 7) is 3.93. The van der Waals surface area contributed by atoms with Crippen molar-refractivity contribution in [3.8, 4) is 5.75 Å². The molecule has 0 aliphatic heterocycles. The largest absolute Gasteiger partial charge is 0.494 e. The van der Waals surface area contributed by atoms with Crippen molar-refractivity contribution >= 4 is 17.5 Å². The molecule has 0 radical (unpaired) electrons. The molecule has 0 aromatic heterocycles. The maximum atomic E-state index is 11.6. The summed E-state index contributed by atoms with van der Waals surface area (Å²) in [5.74, 6) is 0.561. The molecule has 0 aliphatic carbocycles. The summed E-state index contributed by atoms with van der Waals surface area (Å²) >= 11 is 0. The van der Waals surface area contributed by atoms with Crippen molar-refractivity contribution < 1.29 is 14.3 Å². The van der Waals surface area contributed by atoms with Crippen LogP contribution in [0.5, 0.6) is 5.75 Å². The molecule has 0 heterocycles. The lowest BCUT2D eigenvalue weighted by atomic mass is 10.1. The van der Waals surface area contributed by atoms with Crippen LogP contribution in [0.1, 0.15) is 30.6 Å². The molecule has 2 N–H and O–H groups in total. The first-order valence-electron chi connectivity index (χ1n) is 6.89. The fraction of sp³-hybridized carbons (Fsp3) is 0.294. The topological polar surface area (TPSA) is 73.9 Å².